The van der Waals surface area contributed by atoms with E-state index in [-0.39, 0.29) is 24.4 Å². The molecule has 6 heteroatoms. The molecule has 3 nitrogen and oxygen atoms in total. The fourth-order valence-corrected chi connectivity index (χ4v) is 2.35. The van der Waals surface area contributed by atoms with Crippen molar-refractivity contribution < 1.29 is 4.79 Å². The number of nitrogens with zero attached hydrogens (tertiary/aromatic N) is 1. The van der Waals surface area contributed by atoms with Gasteiger partial charge in [-0.15, -0.1) is 12.4 Å². The average molecular weight is 310 g/mol. The number of piperazine rings is 1. The van der Waals surface area contributed by atoms with E-state index in [2.05, 4.69) is 5.32 Å². The zero-order chi connectivity index (χ0) is 12.4. The summed E-state index contributed by atoms with van der Waals surface area (Å²) in [5.74, 6) is -0.0495. The molecule has 0 bridgehead atoms. The van der Waals surface area contributed by atoms with E-state index >= 15 is 0 Å². The van der Waals surface area contributed by atoms with Gasteiger partial charge in [0.15, 0.2) is 0 Å². The maximum atomic E-state index is 12.3. The lowest BCUT2D eigenvalue weighted by atomic mass is 10.1. The summed E-state index contributed by atoms with van der Waals surface area (Å²) in [5, 5.41) is 4.00. The monoisotopic (exact) mass is 308 g/mol. The van der Waals surface area contributed by atoms with E-state index in [1.165, 1.54) is 0 Å². The molecule has 0 radical (unpaired) electrons. The number of nitrogens with one attached hydrogen (secondary N) is 1. The fraction of sp³-hybridized carbons (Fsp3) is 0.417. The van der Waals surface area contributed by atoms with Crippen LogP contribution in [0.3, 0.4) is 0 Å². The molecule has 0 aliphatic carbocycles. The molecule has 1 fully saturated rings. The zero-order valence-electron chi connectivity index (χ0n) is 9.95. The van der Waals surface area contributed by atoms with E-state index in [1.54, 1.807) is 18.2 Å². The molecule has 100 valence electrons. The molecule has 1 atom stereocenters. The van der Waals surface area contributed by atoms with Crippen molar-refractivity contribution in [1.82, 2.24) is 10.2 Å². The first-order valence-electron chi connectivity index (χ1n) is 5.57. The van der Waals surface area contributed by atoms with Gasteiger partial charge in [0.25, 0.3) is 5.91 Å². The highest BCUT2D eigenvalue weighted by Crippen LogP contribution is 2.27. The van der Waals surface area contributed by atoms with Crippen LogP contribution in [0.4, 0.5) is 0 Å². The number of rotatable bonds is 1. The Morgan fingerprint density at radius 3 is 2.83 bits per heavy atom. The van der Waals surface area contributed by atoms with Crippen LogP contribution in [-0.4, -0.2) is 36.5 Å². The van der Waals surface area contributed by atoms with Gasteiger partial charge in [-0.05, 0) is 19.1 Å². The van der Waals surface area contributed by atoms with Crippen molar-refractivity contribution in [2.75, 3.05) is 19.6 Å². The number of benzene rings is 1. The van der Waals surface area contributed by atoms with Gasteiger partial charge in [0.1, 0.15) is 0 Å². The van der Waals surface area contributed by atoms with Crippen LogP contribution < -0.4 is 5.32 Å². The number of carbonyl (C=O) groups excluding carboxylic acids is 1. The Bertz CT molecular complexity index is 439. The smallest absolute Gasteiger partial charge is 0.255 e. The Morgan fingerprint density at radius 2 is 2.17 bits per heavy atom. The summed E-state index contributed by atoms with van der Waals surface area (Å²) in [4.78, 5) is 14.2. The van der Waals surface area contributed by atoms with E-state index in [9.17, 15) is 4.79 Å². The van der Waals surface area contributed by atoms with Crippen molar-refractivity contribution in [3.05, 3.63) is 33.8 Å². The summed E-state index contributed by atoms with van der Waals surface area (Å²) in [6.07, 6.45) is 0. The largest absolute Gasteiger partial charge is 0.333 e. The van der Waals surface area contributed by atoms with Crippen LogP contribution >= 0.6 is 35.6 Å². The third kappa shape index (κ3) is 3.09. The van der Waals surface area contributed by atoms with Gasteiger partial charge in [-0.3, -0.25) is 4.79 Å². The van der Waals surface area contributed by atoms with Gasteiger partial charge < -0.3 is 10.2 Å². The summed E-state index contributed by atoms with van der Waals surface area (Å²) in [5.41, 5.74) is 0.480. The average Bonchev–Trinajstić information content (AvgIpc) is 2.32. The lowest BCUT2D eigenvalue weighted by Gasteiger charge is -2.34. The molecule has 0 aromatic heterocycles. The second-order valence-electron chi connectivity index (χ2n) is 4.15. The predicted molar refractivity (Wildman–Crippen MR) is 77.1 cm³/mol. The minimum atomic E-state index is -0.0495. The summed E-state index contributed by atoms with van der Waals surface area (Å²) in [6.45, 7) is 4.34. The number of carbonyl (C=O) groups is 1. The number of hydrogen-bond acceptors (Lipinski definition) is 2. The van der Waals surface area contributed by atoms with Gasteiger partial charge in [-0.25, -0.2) is 0 Å². The highest BCUT2D eigenvalue weighted by Gasteiger charge is 2.25. The molecule has 0 saturated carbocycles. The van der Waals surface area contributed by atoms with Gasteiger partial charge in [0.2, 0.25) is 0 Å². The Morgan fingerprint density at radius 1 is 1.44 bits per heavy atom. The fourth-order valence-electron chi connectivity index (χ4n) is 1.97. The first kappa shape index (κ1) is 15.6. The van der Waals surface area contributed by atoms with Gasteiger partial charge >= 0.3 is 0 Å². The first-order chi connectivity index (χ1) is 8.11. The maximum absolute atomic E-state index is 12.3. The van der Waals surface area contributed by atoms with Crippen molar-refractivity contribution in [1.29, 1.82) is 0 Å². The molecular formula is C12H15Cl3N2O. The lowest BCUT2D eigenvalue weighted by Crippen LogP contribution is -2.52. The van der Waals surface area contributed by atoms with Crippen LogP contribution in [-0.2, 0) is 0 Å². The topological polar surface area (TPSA) is 32.3 Å². The number of hydrogen-bond donors (Lipinski definition) is 1. The number of halogens is 3. The standard InChI is InChI=1S/C12H14Cl2N2O.ClH/c1-8-7-15-5-6-16(8)12(17)9-3-2-4-10(13)11(9)14;/h2-4,8,15H,5-7H2,1H3;1H/t8-;/m1./s1. The van der Waals surface area contributed by atoms with Gasteiger partial charge in [0.05, 0.1) is 15.6 Å². The summed E-state index contributed by atoms with van der Waals surface area (Å²) in [7, 11) is 0. The van der Waals surface area contributed by atoms with Crippen LogP contribution in [0.25, 0.3) is 0 Å². The van der Waals surface area contributed by atoms with Crippen molar-refractivity contribution in [3.63, 3.8) is 0 Å². The van der Waals surface area contributed by atoms with E-state index in [4.69, 9.17) is 23.2 Å². The SMILES string of the molecule is C[C@@H]1CNCCN1C(=O)c1cccc(Cl)c1Cl.Cl. The van der Waals surface area contributed by atoms with Crippen molar-refractivity contribution in [2.45, 2.75) is 13.0 Å². The Hall–Kier alpha value is -0.480. The van der Waals surface area contributed by atoms with Crippen molar-refractivity contribution >= 4 is 41.5 Å². The first-order valence-corrected chi connectivity index (χ1v) is 6.32. The molecule has 0 unspecified atom stereocenters. The molecule has 18 heavy (non-hydrogen) atoms. The molecule has 0 spiro atoms. The normalized spacial score (nSPS) is 19.3. The van der Waals surface area contributed by atoms with E-state index in [1.807, 2.05) is 11.8 Å². The van der Waals surface area contributed by atoms with Gasteiger partial charge in [-0.1, -0.05) is 29.3 Å². The molecule has 1 aromatic rings. The maximum Gasteiger partial charge on any atom is 0.255 e. The van der Waals surface area contributed by atoms with E-state index in [0.717, 1.165) is 13.1 Å². The third-order valence-electron chi connectivity index (χ3n) is 2.94. The Kier molecular flexibility index (Phi) is 5.73. The molecule has 1 aromatic carbocycles. The molecule has 1 aliphatic heterocycles. The highest BCUT2D eigenvalue weighted by atomic mass is 35.5. The predicted octanol–water partition coefficient (Wildman–Crippen LogP) is 2.85. The molecule has 1 heterocycles. The van der Waals surface area contributed by atoms with E-state index < -0.39 is 0 Å². The van der Waals surface area contributed by atoms with Gasteiger partial charge in [0, 0.05) is 25.7 Å². The summed E-state index contributed by atoms with van der Waals surface area (Å²) < 4.78 is 0. The van der Waals surface area contributed by atoms with E-state index in [0.29, 0.717) is 22.2 Å². The van der Waals surface area contributed by atoms with Crippen LogP contribution in [0.15, 0.2) is 18.2 Å². The van der Waals surface area contributed by atoms with Crippen LogP contribution in [0.2, 0.25) is 10.0 Å². The number of amides is 1. The van der Waals surface area contributed by atoms with Crippen molar-refractivity contribution in [3.8, 4) is 0 Å². The minimum absolute atomic E-state index is 0. The summed E-state index contributed by atoms with van der Waals surface area (Å²) >= 11 is 12.0. The van der Waals surface area contributed by atoms with Gasteiger partial charge in [-0.2, -0.15) is 0 Å². The van der Waals surface area contributed by atoms with Crippen LogP contribution in [0.1, 0.15) is 17.3 Å². The molecule has 1 saturated heterocycles. The second-order valence-corrected chi connectivity index (χ2v) is 4.94. The molecule has 1 aliphatic rings. The Labute approximate surface area is 123 Å². The summed E-state index contributed by atoms with van der Waals surface area (Å²) in [6, 6.07) is 5.31. The minimum Gasteiger partial charge on any atom is -0.333 e. The quantitative estimate of drug-likeness (QED) is 0.865. The molecule has 2 rings (SSSR count). The third-order valence-corrected chi connectivity index (χ3v) is 3.76. The molecule has 1 amide bonds. The highest BCUT2D eigenvalue weighted by molar-refractivity contribution is 6.43. The molecular weight excluding hydrogens is 295 g/mol. The zero-order valence-corrected chi connectivity index (χ0v) is 12.3. The lowest BCUT2D eigenvalue weighted by molar-refractivity contribution is 0.0656. The molecule has 1 N–H and O–H groups in total. The van der Waals surface area contributed by atoms with Crippen LogP contribution in [0.5, 0.6) is 0 Å². The second kappa shape index (κ2) is 6.62. The van der Waals surface area contributed by atoms with Crippen molar-refractivity contribution in [2.24, 2.45) is 0 Å². The van der Waals surface area contributed by atoms with Crippen LogP contribution in [0, 0.1) is 0 Å². The Balaban J connectivity index is 0.00000162.